The van der Waals surface area contributed by atoms with Gasteiger partial charge in [0.2, 0.25) is 17.7 Å². The minimum Gasteiger partial charge on any atom is -0.477 e. The van der Waals surface area contributed by atoms with E-state index in [0.29, 0.717) is 0 Å². The smallest absolute Gasteiger partial charge is 0.364 e. The van der Waals surface area contributed by atoms with E-state index in [-0.39, 0.29) is 0 Å². The van der Waals surface area contributed by atoms with Gasteiger partial charge in [-0.3, -0.25) is 14.4 Å². The largest absolute Gasteiger partial charge is 0.477 e. The van der Waals surface area contributed by atoms with Crippen molar-refractivity contribution in [2.75, 3.05) is 46.2 Å². The maximum absolute atomic E-state index is 13.6. The zero-order chi connectivity index (χ0) is 61.4. The lowest BCUT2D eigenvalue weighted by atomic mass is 9.88. The first kappa shape index (κ1) is 69.5. The molecule has 0 aromatic heterocycles. The first-order valence-corrected chi connectivity index (χ1v) is 25.7. The van der Waals surface area contributed by atoms with Crippen LogP contribution in [0.25, 0.3) is 0 Å². The van der Waals surface area contributed by atoms with Crippen LogP contribution in [-0.2, 0) is 66.5 Å². The quantitative estimate of drug-likeness (QED) is 0.0382. The fourth-order valence-electron chi connectivity index (χ4n) is 10.0. The molecule has 5 heterocycles. The number of hydrogen-bond donors (Lipinski definition) is 23. The van der Waals surface area contributed by atoms with Crippen molar-refractivity contribution in [3.8, 4) is 0 Å². The van der Waals surface area contributed by atoms with E-state index >= 15 is 0 Å². The Morgan fingerprint density at radius 2 is 1.06 bits per heavy atom. The van der Waals surface area contributed by atoms with Gasteiger partial charge in [0.25, 0.3) is 5.79 Å². The fraction of sp³-hybridized carbons (Fsp3) is 0.911. The summed E-state index contributed by atoms with van der Waals surface area (Å²) in [6, 6.07) is -7.22. The second-order valence-corrected chi connectivity index (χ2v) is 20.2. The van der Waals surface area contributed by atoms with E-state index in [9.17, 15) is 116 Å². The third-order valence-electron chi connectivity index (χ3n) is 14.4. The average Bonchev–Trinajstić information content (AvgIpc) is 3.46. The second-order valence-electron chi connectivity index (χ2n) is 20.2. The number of aliphatic hydroxyl groups is 18. The number of ether oxygens (including phenoxy) is 10. The Bertz CT molecular complexity index is 2040. The summed E-state index contributed by atoms with van der Waals surface area (Å²) in [4.78, 5) is 51.1. The number of nitrogens with one attached hydrogen (secondary N) is 3. The van der Waals surface area contributed by atoms with E-state index in [1.807, 2.05) is 0 Å². The van der Waals surface area contributed by atoms with Gasteiger partial charge in [0, 0.05) is 27.2 Å². The Labute approximate surface area is 465 Å². The first-order chi connectivity index (χ1) is 38.6. The number of amides is 3. The number of aliphatic carboxylic acids is 1. The molecule has 5 aliphatic rings. The Morgan fingerprint density at radius 1 is 0.561 bits per heavy atom. The van der Waals surface area contributed by atoms with Crippen LogP contribution in [0, 0.1) is 0 Å². The summed E-state index contributed by atoms with van der Waals surface area (Å²) in [5, 5.41) is 211. The van der Waals surface area contributed by atoms with Crippen LogP contribution in [0.2, 0.25) is 0 Å². The average molecular weight is 1200 g/mol. The molecule has 37 heteroatoms. The van der Waals surface area contributed by atoms with Crippen LogP contribution in [0.1, 0.15) is 27.2 Å². The van der Waals surface area contributed by atoms with Crippen LogP contribution in [0.4, 0.5) is 0 Å². The zero-order valence-corrected chi connectivity index (χ0v) is 44.2. The number of carboxylic acids is 1. The van der Waals surface area contributed by atoms with Gasteiger partial charge in [-0.2, -0.15) is 0 Å². The fourth-order valence-corrected chi connectivity index (χ4v) is 10.0. The summed E-state index contributed by atoms with van der Waals surface area (Å²) in [6.45, 7) is -4.95. The van der Waals surface area contributed by atoms with Crippen molar-refractivity contribution in [2.24, 2.45) is 5.73 Å². The molecule has 0 aliphatic carbocycles. The highest BCUT2D eigenvalue weighted by Crippen LogP contribution is 2.41. The van der Waals surface area contributed by atoms with E-state index in [1.165, 1.54) is 0 Å². The van der Waals surface area contributed by atoms with Gasteiger partial charge >= 0.3 is 5.97 Å². The van der Waals surface area contributed by atoms with E-state index in [1.54, 1.807) is 0 Å². The Hall–Kier alpha value is -3.28. The lowest BCUT2D eigenvalue weighted by molar-refractivity contribution is -0.397. The molecule has 24 N–H and O–H groups in total. The predicted octanol–water partition coefficient (Wildman–Crippen LogP) is -14.9. The molecule has 5 rings (SSSR count). The molecular weight excluding hydrogens is 1120 g/mol. The summed E-state index contributed by atoms with van der Waals surface area (Å²) in [6.07, 6.45) is -53.9. The van der Waals surface area contributed by atoms with Crippen LogP contribution in [0.5, 0.6) is 0 Å². The van der Waals surface area contributed by atoms with E-state index < -0.39 is 260 Å². The van der Waals surface area contributed by atoms with Crippen LogP contribution in [-0.4, -0.2) is 350 Å². The van der Waals surface area contributed by atoms with Crippen molar-refractivity contribution in [3.63, 3.8) is 0 Å². The van der Waals surface area contributed by atoms with Crippen LogP contribution in [0.3, 0.4) is 0 Å². The minimum atomic E-state index is -3.35. The summed E-state index contributed by atoms with van der Waals surface area (Å²) in [5.41, 5.74) is 6.09. The van der Waals surface area contributed by atoms with Gasteiger partial charge in [-0.05, 0) is 0 Å². The highest BCUT2D eigenvalue weighted by atomic mass is 16.8. The molecular formula is C45H78N4O33. The van der Waals surface area contributed by atoms with Crippen LogP contribution in [0.15, 0.2) is 0 Å². The molecule has 30 atom stereocenters. The molecule has 3 amide bonds. The number of carbonyl (C=O) groups is 4. The van der Waals surface area contributed by atoms with Gasteiger partial charge in [-0.1, -0.05) is 0 Å². The lowest BCUT2D eigenvalue weighted by Gasteiger charge is -2.53. The number of aliphatic hydroxyl groups excluding tert-OH is 18. The van der Waals surface area contributed by atoms with Gasteiger partial charge in [-0.25, -0.2) is 4.79 Å². The summed E-state index contributed by atoms with van der Waals surface area (Å²) >= 11 is 0. The van der Waals surface area contributed by atoms with Crippen molar-refractivity contribution in [1.82, 2.24) is 16.0 Å². The number of nitrogens with two attached hydrogens (primary N) is 1. The molecule has 0 aromatic carbocycles. The topological polar surface area (TPSA) is 607 Å². The standard InChI is InChI=1S/C45H78N4O33/c1-12(57)47-15(5-50)34(26(63)17(61)6-51)77-43-33(70)39(29(66)20(9-54)74-43)80-41-25(49-14(3)59)38(82-45(44(71)72)4-16(60)23(46)37(81-45)27(64)18(62)7-52)36(22(11-56)75-41)79-42-32(69)31(68)35(21(10-55)76-42)78-40-24(48-13(2)58)30(67)28(65)19(8-53)73-40/h15-43,50-56,60-70H,4-11,46H2,1-3H3,(H,47,57)(H,48,58)(H,49,59)(H,71,72)/t15-,16-,17+,18+,19+,20+,21+,22+,23+,24+,25+,26-,27+,28-,29-,30+,31+,32+,33+,34+,35-,36-,37+,38+,39-,40-,41-,42-,43-,45-/m0/s1. The SMILES string of the molecule is CC(=O)N[C@H]1[C@H](O[C@@H]2[C@H](O)[C@@H](O)[C@H](O[C@@H]3[C@H](O[C@]4(C(=O)O)C[C@H](O)[C@@H](N)[C@H]([C@H](O)[C@H](O)CO)O4)[C@@H](NC(C)=O)[C@H](O[C@H]4[C@@H](O)[C@@H](CO)O[C@@H](O[C@@H]([C@@H](O)[C@H](O)CO)[C@H](CO)NC(C)=O)[C@@H]4O)O[C@@H]3CO)O[C@@H]2CO)O[C@H](CO)[C@H](O)[C@@H]1O. The number of rotatable bonds is 26. The molecule has 82 heavy (non-hydrogen) atoms. The predicted molar refractivity (Wildman–Crippen MR) is 255 cm³/mol. The highest BCUT2D eigenvalue weighted by molar-refractivity contribution is 5.76. The molecule has 0 saturated carbocycles. The number of carbonyl (C=O) groups excluding carboxylic acids is 3. The van der Waals surface area contributed by atoms with E-state index in [4.69, 9.17) is 53.1 Å². The Morgan fingerprint density at radius 3 is 1.60 bits per heavy atom. The molecule has 0 unspecified atom stereocenters. The Kier molecular flexibility index (Phi) is 25.7. The Balaban J connectivity index is 1.61. The van der Waals surface area contributed by atoms with Crippen molar-refractivity contribution >= 4 is 23.7 Å². The minimum absolute atomic E-state index is 0.792. The second kappa shape index (κ2) is 30.4. The maximum atomic E-state index is 13.6. The van der Waals surface area contributed by atoms with Gasteiger partial charge in [0.15, 0.2) is 25.2 Å². The van der Waals surface area contributed by atoms with Gasteiger partial charge in [-0.15, -0.1) is 0 Å². The number of hydrogen-bond acceptors (Lipinski definition) is 33. The molecule has 476 valence electrons. The van der Waals surface area contributed by atoms with E-state index in [2.05, 4.69) is 16.0 Å². The van der Waals surface area contributed by atoms with Gasteiger partial charge in [0.05, 0.1) is 64.4 Å². The molecule has 0 radical (unpaired) electrons. The summed E-state index contributed by atoms with van der Waals surface area (Å²) < 4.78 is 58.8. The molecule has 37 nitrogen and oxygen atoms in total. The molecule has 0 spiro atoms. The van der Waals surface area contributed by atoms with E-state index in [0.717, 1.165) is 20.8 Å². The van der Waals surface area contributed by atoms with Gasteiger partial charge in [0.1, 0.15) is 134 Å². The summed E-state index contributed by atoms with van der Waals surface area (Å²) in [7, 11) is 0. The monoisotopic (exact) mass is 1200 g/mol. The van der Waals surface area contributed by atoms with Crippen molar-refractivity contribution in [2.45, 2.75) is 210 Å². The van der Waals surface area contributed by atoms with Crippen molar-refractivity contribution in [1.29, 1.82) is 0 Å². The third kappa shape index (κ3) is 15.6. The molecule has 5 fully saturated rings. The lowest BCUT2D eigenvalue weighted by Crippen LogP contribution is -2.73. The third-order valence-corrected chi connectivity index (χ3v) is 14.4. The van der Waals surface area contributed by atoms with Crippen LogP contribution < -0.4 is 21.7 Å². The summed E-state index contributed by atoms with van der Waals surface area (Å²) in [5.74, 6) is -8.19. The normalized spacial score (nSPS) is 42.2. The first-order valence-electron chi connectivity index (χ1n) is 25.7. The highest BCUT2D eigenvalue weighted by Gasteiger charge is 2.62. The molecule has 0 aromatic rings. The molecule has 5 aliphatic heterocycles. The van der Waals surface area contributed by atoms with Gasteiger partial charge < -0.3 is 166 Å². The maximum Gasteiger partial charge on any atom is 0.364 e. The molecule has 0 bridgehead atoms. The zero-order valence-electron chi connectivity index (χ0n) is 44.2. The molecule has 5 saturated heterocycles. The van der Waals surface area contributed by atoms with Crippen molar-refractivity contribution in [3.05, 3.63) is 0 Å². The number of carboxylic acid groups (broad SMARTS) is 1. The van der Waals surface area contributed by atoms with Crippen molar-refractivity contribution < 1.29 is 164 Å². The van der Waals surface area contributed by atoms with Crippen LogP contribution >= 0.6 is 0 Å².